The van der Waals surface area contributed by atoms with Crippen LogP contribution in [0.25, 0.3) is 5.57 Å². The zero-order valence-electron chi connectivity index (χ0n) is 11.7. The smallest absolute Gasteiger partial charge is 0.309 e. The Bertz CT molecular complexity index is 531. The normalized spacial score (nSPS) is 25.0. The lowest BCUT2D eigenvalue weighted by atomic mass is 9.97. The van der Waals surface area contributed by atoms with Gasteiger partial charge in [0, 0.05) is 11.5 Å². The van der Waals surface area contributed by atoms with Gasteiger partial charge in [-0.25, -0.2) is 0 Å². The molecule has 0 spiro atoms. The third kappa shape index (κ3) is 2.42. The van der Waals surface area contributed by atoms with Crippen LogP contribution < -0.4 is 0 Å². The summed E-state index contributed by atoms with van der Waals surface area (Å²) >= 11 is 6.02. The number of ether oxygens (including phenoxy) is 1. The molecular formula is C16H19ClO2. The molecule has 1 fully saturated rings. The molecule has 1 aromatic carbocycles. The number of hydrogen-bond donors (Lipinski definition) is 0. The van der Waals surface area contributed by atoms with Gasteiger partial charge in [0.05, 0.1) is 13.0 Å². The summed E-state index contributed by atoms with van der Waals surface area (Å²) in [6.45, 7) is 6.20. The van der Waals surface area contributed by atoms with Crippen LogP contribution in [0.2, 0.25) is 0 Å². The van der Waals surface area contributed by atoms with Crippen LogP contribution in [0.15, 0.2) is 29.8 Å². The van der Waals surface area contributed by atoms with Crippen molar-refractivity contribution in [3.63, 3.8) is 0 Å². The molecule has 1 aliphatic carbocycles. The molecule has 1 aliphatic rings. The number of benzene rings is 1. The molecule has 3 heteroatoms. The van der Waals surface area contributed by atoms with E-state index in [0.717, 1.165) is 11.1 Å². The Morgan fingerprint density at radius 2 is 2.05 bits per heavy atom. The van der Waals surface area contributed by atoms with Gasteiger partial charge in [0.15, 0.2) is 0 Å². The lowest BCUT2D eigenvalue weighted by molar-refractivity contribution is -0.143. The van der Waals surface area contributed by atoms with Crippen LogP contribution in [0.5, 0.6) is 0 Å². The Hall–Kier alpha value is -1.28. The predicted octanol–water partition coefficient (Wildman–Crippen LogP) is 4.02. The number of hydrogen-bond acceptors (Lipinski definition) is 2. The van der Waals surface area contributed by atoms with Gasteiger partial charge in [-0.2, -0.15) is 0 Å². The number of halogens is 1. The lowest BCUT2D eigenvalue weighted by Gasteiger charge is -2.09. The minimum absolute atomic E-state index is 0.0996. The Morgan fingerprint density at radius 3 is 2.58 bits per heavy atom. The summed E-state index contributed by atoms with van der Waals surface area (Å²) in [6.07, 6.45) is 0. The Labute approximate surface area is 119 Å². The molecule has 102 valence electrons. The van der Waals surface area contributed by atoms with Crippen molar-refractivity contribution < 1.29 is 9.53 Å². The van der Waals surface area contributed by atoms with E-state index in [2.05, 4.69) is 19.9 Å². The van der Waals surface area contributed by atoms with Gasteiger partial charge in [-0.3, -0.25) is 4.79 Å². The first-order chi connectivity index (χ1) is 8.93. The van der Waals surface area contributed by atoms with Crippen LogP contribution in [-0.2, 0) is 9.53 Å². The highest BCUT2D eigenvalue weighted by molar-refractivity contribution is 6.28. The molecule has 1 saturated carbocycles. The second kappa shape index (κ2) is 5.01. The minimum Gasteiger partial charge on any atom is -0.469 e. The topological polar surface area (TPSA) is 26.3 Å². The van der Waals surface area contributed by atoms with E-state index in [9.17, 15) is 4.79 Å². The van der Waals surface area contributed by atoms with Crippen LogP contribution in [0, 0.1) is 24.2 Å². The molecule has 0 aliphatic heterocycles. The Balaban J connectivity index is 2.33. The summed E-state index contributed by atoms with van der Waals surface area (Å²) in [5, 5.41) is 0. The summed E-state index contributed by atoms with van der Waals surface area (Å²) in [7, 11) is 1.44. The minimum atomic E-state index is -0.154. The standard InChI is InChI=1S/C16H19ClO2/c1-10-6-5-7-11(8-10)12(9-17)13-14(15(18)19-4)16(13,2)3/h5-9,13-14H,1-4H3. The van der Waals surface area contributed by atoms with E-state index in [0.29, 0.717) is 0 Å². The highest BCUT2D eigenvalue weighted by Gasteiger charge is 2.63. The van der Waals surface area contributed by atoms with Crippen molar-refractivity contribution in [1.82, 2.24) is 0 Å². The zero-order chi connectivity index (χ0) is 14.2. The van der Waals surface area contributed by atoms with Crippen molar-refractivity contribution in [2.45, 2.75) is 20.8 Å². The van der Waals surface area contributed by atoms with Crippen molar-refractivity contribution in [2.24, 2.45) is 17.3 Å². The predicted molar refractivity (Wildman–Crippen MR) is 77.8 cm³/mol. The van der Waals surface area contributed by atoms with Crippen molar-refractivity contribution >= 4 is 23.1 Å². The molecule has 2 rings (SSSR count). The fraction of sp³-hybridized carbons (Fsp3) is 0.438. The fourth-order valence-corrected chi connectivity index (χ4v) is 3.18. The number of rotatable bonds is 3. The number of methoxy groups -OCH3 is 1. The van der Waals surface area contributed by atoms with Crippen LogP contribution in [-0.4, -0.2) is 13.1 Å². The summed E-state index contributed by atoms with van der Waals surface area (Å²) < 4.78 is 4.89. The van der Waals surface area contributed by atoms with Gasteiger partial charge in [-0.15, -0.1) is 0 Å². The molecule has 0 saturated heterocycles. The van der Waals surface area contributed by atoms with Crippen LogP contribution >= 0.6 is 11.6 Å². The van der Waals surface area contributed by atoms with Gasteiger partial charge in [0.25, 0.3) is 0 Å². The van der Waals surface area contributed by atoms with E-state index in [1.54, 1.807) is 5.54 Å². The number of carbonyl (C=O) groups excluding carboxylic acids is 1. The van der Waals surface area contributed by atoms with E-state index in [-0.39, 0.29) is 23.2 Å². The summed E-state index contributed by atoms with van der Waals surface area (Å²) in [5.74, 6) is -0.138. The van der Waals surface area contributed by atoms with Gasteiger partial charge in [-0.1, -0.05) is 55.3 Å². The second-order valence-electron chi connectivity index (χ2n) is 5.73. The highest BCUT2D eigenvalue weighted by atomic mass is 35.5. The highest BCUT2D eigenvalue weighted by Crippen LogP contribution is 2.64. The molecule has 0 bridgehead atoms. The molecule has 0 radical (unpaired) electrons. The van der Waals surface area contributed by atoms with Gasteiger partial charge in [0.1, 0.15) is 0 Å². The molecule has 19 heavy (non-hydrogen) atoms. The number of carbonyl (C=O) groups is 1. The summed E-state index contributed by atoms with van der Waals surface area (Å²) in [4.78, 5) is 11.8. The lowest BCUT2D eigenvalue weighted by Crippen LogP contribution is -2.07. The SMILES string of the molecule is COC(=O)C1C(C(=CCl)c2cccc(C)c2)C1(C)C. The van der Waals surface area contributed by atoms with Crippen LogP contribution in [0.3, 0.4) is 0 Å². The van der Waals surface area contributed by atoms with E-state index in [1.165, 1.54) is 12.7 Å². The van der Waals surface area contributed by atoms with Crippen molar-refractivity contribution in [2.75, 3.05) is 7.11 Å². The number of aryl methyl sites for hydroxylation is 1. The third-order valence-electron chi connectivity index (χ3n) is 4.09. The summed E-state index contributed by atoms with van der Waals surface area (Å²) in [5.41, 5.74) is 4.79. The van der Waals surface area contributed by atoms with Crippen molar-refractivity contribution in [3.05, 3.63) is 40.9 Å². The van der Waals surface area contributed by atoms with E-state index in [4.69, 9.17) is 16.3 Å². The van der Waals surface area contributed by atoms with Gasteiger partial charge >= 0.3 is 5.97 Å². The quantitative estimate of drug-likeness (QED) is 0.781. The van der Waals surface area contributed by atoms with Gasteiger partial charge in [-0.05, 0) is 23.5 Å². The molecule has 0 heterocycles. The average molecular weight is 279 g/mol. The van der Waals surface area contributed by atoms with E-state index < -0.39 is 0 Å². The van der Waals surface area contributed by atoms with E-state index in [1.807, 2.05) is 25.1 Å². The Kier molecular flexibility index (Phi) is 3.73. The molecule has 2 nitrogen and oxygen atoms in total. The van der Waals surface area contributed by atoms with Gasteiger partial charge in [0.2, 0.25) is 0 Å². The van der Waals surface area contributed by atoms with Crippen molar-refractivity contribution in [3.8, 4) is 0 Å². The van der Waals surface area contributed by atoms with E-state index >= 15 is 0 Å². The average Bonchev–Trinajstić information content (AvgIpc) is 2.92. The molecule has 2 atom stereocenters. The summed E-state index contributed by atoms with van der Waals surface area (Å²) in [6, 6.07) is 8.18. The molecular weight excluding hydrogens is 260 g/mol. The van der Waals surface area contributed by atoms with Crippen molar-refractivity contribution in [1.29, 1.82) is 0 Å². The molecule has 1 aromatic rings. The Morgan fingerprint density at radius 1 is 1.37 bits per heavy atom. The largest absolute Gasteiger partial charge is 0.469 e. The first kappa shape index (κ1) is 14.1. The van der Waals surface area contributed by atoms with Crippen LogP contribution in [0.1, 0.15) is 25.0 Å². The first-order valence-corrected chi connectivity index (χ1v) is 6.82. The fourth-order valence-electron chi connectivity index (χ4n) is 2.92. The monoisotopic (exact) mass is 278 g/mol. The molecule has 0 N–H and O–H groups in total. The van der Waals surface area contributed by atoms with Gasteiger partial charge < -0.3 is 4.74 Å². The maximum atomic E-state index is 11.8. The third-order valence-corrected chi connectivity index (χ3v) is 4.32. The first-order valence-electron chi connectivity index (χ1n) is 6.38. The second-order valence-corrected chi connectivity index (χ2v) is 5.95. The number of esters is 1. The molecule has 2 unspecified atom stereocenters. The number of allylic oxidation sites excluding steroid dienone is 1. The molecule has 0 aromatic heterocycles. The maximum Gasteiger partial charge on any atom is 0.309 e. The van der Waals surface area contributed by atoms with Crippen LogP contribution in [0.4, 0.5) is 0 Å². The maximum absolute atomic E-state index is 11.8. The zero-order valence-corrected chi connectivity index (χ0v) is 12.5. The molecule has 0 amide bonds.